The number of para-hydroxylation sites is 6. The third kappa shape index (κ3) is 5.74. The molecule has 2 aliphatic rings. The predicted molar refractivity (Wildman–Crippen MR) is 288 cm³/mol. The van der Waals surface area contributed by atoms with Crippen molar-refractivity contribution >= 4 is 87.2 Å². The Balaban J connectivity index is 0.817. The van der Waals surface area contributed by atoms with Crippen LogP contribution in [-0.4, -0.2) is 34.3 Å². The zero-order valence-corrected chi connectivity index (χ0v) is 38.0. The molecule has 70 heavy (non-hydrogen) atoms. The Morgan fingerprint density at radius 2 is 0.829 bits per heavy atom. The van der Waals surface area contributed by atoms with Crippen LogP contribution in [0.25, 0.3) is 110 Å². The van der Waals surface area contributed by atoms with Crippen LogP contribution in [0.5, 0.6) is 0 Å². The largest absolute Gasteiger partial charge is 0.364 e. The van der Waals surface area contributed by atoms with Gasteiger partial charge in [-0.05, 0) is 91.4 Å². The lowest BCUT2D eigenvalue weighted by Crippen LogP contribution is -2.43. The van der Waals surface area contributed by atoms with Crippen LogP contribution < -0.4 is 10.6 Å². The van der Waals surface area contributed by atoms with Gasteiger partial charge in [-0.2, -0.15) is 0 Å². The van der Waals surface area contributed by atoms with Gasteiger partial charge in [-0.3, -0.25) is 14.5 Å². The van der Waals surface area contributed by atoms with Crippen LogP contribution in [0.3, 0.4) is 0 Å². The van der Waals surface area contributed by atoms with Crippen molar-refractivity contribution in [2.24, 2.45) is 0 Å². The third-order valence-corrected chi connectivity index (χ3v) is 14.8. The van der Waals surface area contributed by atoms with Gasteiger partial charge in [0.2, 0.25) is 0 Å². The summed E-state index contributed by atoms with van der Waals surface area (Å²) in [5, 5.41) is 17.9. The smallest absolute Gasteiger partial charge is 0.138 e. The monoisotopic (exact) mass is 900 g/mol. The number of nitrogens with one attached hydrogen (secondary N) is 2. The van der Waals surface area contributed by atoms with Crippen LogP contribution in [0, 0.1) is 0 Å². The number of benzene rings is 7. The van der Waals surface area contributed by atoms with E-state index in [1.54, 1.807) is 0 Å². The van der Waals surface area contributed by atoms with Crippen LogP contribution in [0.4, 0.5) is 0 Å². The van der Waals surface area contributed by atoms with E-state index in [-0.39, 0.29) is 18.4 Å². The van der Waals surface area contributed by atoms with E-state index in [2.05, 4.69) is 253 Å². The van der Waals surface area contributed by atoms with E-state index in [1.165, 1.54) is 70.9 Å². The van der Waals surface area contributed by atoms with Crippen molar-refractivity contribution < 1.29 is 0 Å². The summed E-state index contributed by atoms with van der Waals surface area (Å²) >= 11 is 0. The lowest BCUT2D eigenvalue weighted by molar-refractivity contribution is 0.400. The fraction of sp³-hybridized carbons (Fsp3) is 0.0645. The standard InChI is InChI=1S/C62H44N8/c1-7-27-49-39(17-1)40-18-2-8-28-50(40)67(49)57-33-13-23-45(63-57)47-25-15-35-59(65-47)69-53-31-11-5-21-43(53)61-55(69)37-38-56-62(61)44-22-6-12-32-54(44)70(56)60-36-16-26-48(66-60)46-24-14-34-58(64-46)68-51-29-9-3-19-41(51)42-20-4-10-30-52(42)68/h1-23,25-38,46,58,60,64,66H,24H2. The summed E-state index contributed by atoms with van der Waals surface area (Å²) in [5.41, 5.74) is 12.1. The molecule has 6 aromatic heterocycles. The Kier molecular flexibility index (Phi) is 8.52. The minimum Gasteiger partial charge on any atom is -0.364 e. The first-order valence-corrected chi connectivity index (χ1v) is 24.2. The average molecular weight is 901 g/mol. The fourth-order valence-corrected chi connectivity index (χ4v) is 11.8. The highest BCUT2D eigenvalue weighted by Gasteiger charge is 2.28. The highest BCUT2D eigenvalue weighted by Crippen LogP contribution is 2.43. The SMILES string of the molecule is C1=CC(n2c3ccccc3c3c4c5ccccc5n(-c5cccc(-c6cccc(-n7c8ccccc8c8ccccc87)n6)n5)c4ccc32)NC(C2CC=CC(n3c4ccccc4c4ccccc43)N2)=C1. The molecule has 0 spiro atoms. The van der Waals surface area contributed by atoms with Crippen molar-refractivity contribution in [3.05, 3.63) is 230 Å². The second kappa shape index (κ2) is 15.3. The zero-order valence-electron chi connectivity index (χ0n) is 38.0. The number of aromatic nitrogens is 6. The van der Waals surface area contributed by atoms with Crippen molar-refractivity contribution in [1.82, 2.24) is 38.9 Å². The van der Waals surface area contributed by atoms with E-state index in [1.807, 2.05) is 0 Å². The molecule has 0 saturated heterocycles. The van der Waals surface area contributed by atoms with Gasteiger partial charge in [-0.25, -0.2) is 9.97 Å². The molecule has 13 aromatic rings. The molecule has 8 nitrogen and oxygen atoms in total. The first-order valence-electron chi connectivity index (χ1n) is 24.2. The van der Waals surface area contributed by atoms with Crippen LogP contribution in [0.1, 0.15) is 18.8 Å². The van der Waals surface area contributed by atoms with E-state index >= 15 is 0 Å². The van der Waals surface area contributed by atoms with Gasteiger partial charge in [0.05, 0.1) is 61.6 Å². The Bertz CT molecular complexity index is 4280. The molecule has 0 aliphatic carbocycles. The molecular formula is C62H44N8. The lowest BCUT2D eigenvalue weighted by atomic mass is 10.0. The second-order valence-corrected chi connectivity index (χ2v) is 18.6. The number of fused-ring (bicyclic) bond motifs is 13. The molecule has 8 heteroatoms. The van der Waals surface area contributed by atoms with Gasteiger partial charge in [0.25, 0.3) is 0 Å². The molecule has 0 amide bonds. The summed E-state index contributed by atoms with van der Waals surface area (Å²) in [6.45, 7) is 0. The summed E-state index contributed by atoms with van der Waals surface area (Å²) in [4.78, 5) is 10.7. The highest BCUT2D eigenvalue weighted by molar-refractivity contribution is 6.28. The minimum atomic E-state index is -0.114. The molecule has 0 bridgehead atoms. The van der Waals surface area contributed by atoms with Crippen LogP contribution in [-0.2, 0) is 0 Å². The number of rotatable bonds is 6. The lowest BCUT2D eigenvalue weighted by Gasteiger charge is -2.34. The molecule has 2 N–H and O–H groups in total. The maximum Gasteiger partial charge on any atom is 0.138 e. The molecule has 0 radical (unpaired) electrons. The number of pyridine rings is 2. The molecule has 0 saturated carbocycles. The van der Waals surface area contributed by atoms with Gasteiger partial charge in [-0.15, -0.1) is 0 Å². The quantitative estimate of drug-likeness (QED) is 0.163. The van der Waals surface area contributed by atoms with Gasteiger partial charge in [0.1, 0.15) is 24.0 Å². The fourth-order valence-electron chi connectivity index (χ4n) is 11.8. The molecule has 7 aromatic carbocycles. The number of dihydropyridines is 1. The Morgan fingerprint density at radius 3 is 1.43 bits per heavy atom. The summed E-state index contributed by atoms with van der Waals surface area (Å²) in [7, 11) is 0. The number of nitrogens with zero attached hydrogens (tertiary/aromatic N) is 6. The van der Waals surface area contributed by atoms with Crippen LogP contribution >= 0.6 is 0 Å². The van der Waals surface area contributed by atoms with E-state index in [0.29, 0.717) is 0 Å². The molecule has 2 aliphatic heterocycles. The average Bonchev–Trinajstić information content (AvgIpc) is 4.16. The van der Waals surface area contributed by atoms with Crippen molar-refractivity contribution in [2.75, 3.05) is 0 Å². The molecule has 3 unspecified atom stereocenters. The Hall–Kier alpha value is -8.98. The minimum absolute atomic E-state index is 0.00247. The second-order valence-electron chi connectivity index (χ2n) is 18.6. The Labute approximate surface area is 402 Å². The molecule has 8 heterocycles. The van der Waals surface area contributed by atoms with Gasteiger partial charge >= 0.3 is 0 Å². The normalized spacial score (nSPS) is 17.3. The number of hydrogen-bond donors (Lipinski definition) is 2. The van der Waals surface area contributed by atoms with Crippen LogP contribution in [0.15, 0.2) is 230 Å². The van der Waals surface area contributed by atoms with Crippen molar-refractivity contribution in [3.8, 4) is 23.0 Å². The van der Waals surface area contributed by atoms with Crippen molar-refractivity contribution in [3.63, 3.8) is 0 Å². The van der Waals surface area contributed by atoms with Crippen molar-refractivity contribution in [2.45, 2.75) is 24.8 Å². The molecule has 15 rings (SSSR count). The first-order chi connectivity index (χ1) is 34.7. The summed E-state index contributed by atoms with van der Waals surface area (Å²) in [6, 6.07) is 69.4. The van der Waals surface area contributed by atoms with E-state index in [9.17, 15) is 0 Å². The zero-order chi connectivity index (χ0) is 45.9. The Morgan fingerprint density at radius 1 is 0.386 bits per heavy atom. The van der Waals surface area contributed by atoms with Gasteiger partial charge in [0.15, 0.2) is 0 Å². The molecule has 332 valence electrons. The maximum absolute atomic E-state index is 5.41. The van der Waals surface area contributed by atoms with E-state index < -0.39 is 0 Å². The third-order valence-electron chi connectivity index (χ3n) is 14.8. The summed E-state index contributed by atoms with van der Waals surface area (Å²) in [6.07, 6.45) is 12.2. The molecular weight excluding hydrogens is 857 g/mol. The van der Waals surface area contributed by atoms with Gasteiger partial charge < -0.3 is 14.5 Å². The van der Waals surface area contributed by atoms with Crippen molar-refractivity contribution in [1.29, 1.82) is 0 Å². The molecule has 3 atom stereocenters. The van der Waals surface area contributed by atoms with Gasteiger partial charge in [-0.1, -0.05) is 140 Å². The topological polar surface area (TPSA) is 69.6 Å². The maximum atomic E-state index is 5.41. The summed E-state index contributed by atoms with van der Waals surface area (Å²) < 4.78 is 9.52. The number of hydrogen-bond acceptors (Lipinski definition) is 4. The van der Waals surface area contributed by atoms with Gasteiger partial charge in [0, 0.05) is 48.8 Å². The first kappa shape index (κ1) is 39.1. The molecule has 0 fully saturated rings. The van der Waals surface area contributed by atoms with E-state index in [0.717, 1.165) is 51.5 Å². The number of allylic oxidation sites excluding steroid dienone is 2. The summed E-state index contributed by atoms with van der Waals surface area (Å²) in [5.74, 6) is 1.70. The van der Waals surface area contributed by atoms with Crippen LogP contribution in [0.2, 0.25) is 0 Å². The highest BCUT2D eigenvalue weighted by atomic mass is 15.2. The predicted octanol–water partition coefficient (Wildman–Crippen LogP) is 14.2. The van der Waals surface area contributed by atoms with E-state index in [4.69, 9.17) is 9.97 Å².